The highest BCUT2D eigenvalue weighted by Crippen LogP contribution is 2.22. The zero-order chi connectivity index (χ0) is 14.2. The van der Waals surface area contributed by atoms with Crippen molar-refractivity contribution in [3.05, 3.63) is 30.5 Å². The number of fused-ring (bicyclic) bond motifs is 1. The van der Waals surface area contributed by atoms with Crippen molar-refractivity contribution in [2.45, 2.75) is 19.5 Å². The first-order valence-electron chi connectivity index (χ1n) is 6.70. The third kappa shape index (κ3) is 2.44. The fourth-order valence-corrected chi connectivity index (χ4v) is 1.68. The van der Waals surface area contributed by atoms with E-state index in [0.29, 0.717) is 0 Å². The van der Waals surface area contributed by atoms with E-state index in [-0.39, 0.29) is 6.04 Å². The molecule has 0 saturated carbocycles. The van der Waals surface area contributed by atoms with Crippen LogP contribution in [-0.4, -0.2) is 36.7 Å². The maximum Gasteiger partial charge on any atom is 0.119 e. The van der Waals surface area contributed by atoms with E-state index in [1.54, 1.807) is 17.9 Å². The Morgan fingerprint density at radius 2 is 2.18 bits per heavy atom. The molecular weight excluding hydrogens is 212 g/mol. The molecule has 1 aromatic heterocycles. The van der Waals surface area contributed by atoms with Gasteiger partial charge in [-0.3, -0.25) is 0 Å². The van der Waals surface area contributed by atoms with Crippen LogP contribution in [0, 0.1) is 0 Å². The van der Waals surface area contributed by atoms with E-state index < -0.39 is 6.50 Å². The Morgan fingerprint density at radius 3 is 2.82 bits per heavy atom. The minimum atomic E-state index is -1.47. The molecule has 1 aromatic carbocycles. The summed E-state index contributed by atoms with van der Waals surface area (Å²) >= 11 is 0. The van der Waals surface area contributed by atoms with Crippen LogP contribution in [0.5, 0.6) is 5.75 Å². The van der Waals surface area contributed by atoms with Gasteiger partial charge < -0.3 is 14.2 Å². The molecule has 2 aromatic rings. The zero-order valence-electron chi connectivity index (χ0n) is 12.8. The van der Waals surface area contributed by atoms with Gasteiger partial charge >= 0.3 is 0 Å². The van der Waals surface area contributed by atoms with E-state index in [0.717, 1.165) is 16.7 Å². The number of hydrogen-bond donors (Lipinski definition) is 0. The molecule has 92 valence electrons. The molecule has 0 spiro atoms. The largest absolute Gasteiger partial charge is 0.497 e. The second-order valence-corrected chi connectivity index (χ2v) is 4.38. The van der Waals surface area contributed by atoms with Crippen molar-refractivity contribution in [3.63, 3.8) is 0 Å². The molecule has 1 atom stereocenters. The Kier molecular flexibility index (Phi) is 2.69. The molecule has 0 bridgehead atoms. The van der Waals surface area contributed by atoms with Crippen molar-refractivity contribution in [1.29, 1.82) is 0 Å². The fourth-order valence-electron chi connectivity index (χ4n) is 1.68. The number of hydrogen-bond acceptors (Lipinski definition) is 2. The zero-order valence-corrected chi connectivity index (χ0v) is 10.8. The van der Waals surface area contributed by atoms with Gasteiger partial charge in [-0.15, -0.1) is 0 Å². The summed E-state index contributed by atoms with van der Waals surface area (Å²) in [5.41, 5.74) is 0.875. The lowest BCUT2D eigenvalue weighted by molar-refractivity contribution is 0.286. The van der Waals surface area contributed by atoms with Crippen LogP contribution in [0.1, 0.15) is 9.67 Å². The van der Waals surface area contributed by atoms with Crippen molar-refractivity contribution in [1.82, 2.24) is 9.47 Å². The Balaban J connectivity index is 2.51. The van der Waals surface area contributed by atoms with Gasteiger partial charge in [0, 0.05) is 29.6 Å². The van der Waals surface area contributed by atoms with E-state index in [4.69, 9.17) is 7.48 Å². The van der Waals surface area contributed by atoms with Gasteiger partial charge in [-0.05, 0) is 45.3 Å². The summed E-state index contributed by atoms with van der Waals surface area (Å²) in [6.45, 7) is 0.412. The predicted octanol–water partition coefficient (Wildman–Crippen LogP) is 2.60. The van der Waals surface area contributed by atoms with Crippen LogP contribution in [0.4, 0.5) is 0 Å². The Morgan fingerprint density at radius 1 is 1.41 bits per heavy atom. The summed E-state index contributed by atoms with van der Waals surface area (Å²) in [6.07, 6.45) is 1.80. The predicted molar refractivity (Wildman–Crippen MR) is 71.6 cm³/mol. The van der Waals surface area contributed by atoms with Gasteiger partial charge in [-0.1, -0.05) is 0 Å². The molecule has 1 heterocycles. The monoisotopic (exact) mass is 234 g/mol. The molecule has 0 N–H and O–H groups in total. The minimum absolute atomic E-state index is 0.231. The highest BCUT2D eigenvalue weighted by Gasteiger charge is 2.08. The standard InChI is InChI=1S/C14H20N2O/c1-11(15(2)3)10-16-8-7-12-9-13(17-4)5-6-14(12)16/h5-9,11H,10H2,1-4H3/t11-/m1/s1/i10D2. The molecule has 0 aliphatic heterocycles. The van der Waals surface area contributed by atoms with Crippen molar-refractivity contribution >= 4 is 10.9 Å². The molecule has 3 heteroatoms. The Bertz CT molecular complexity index is 578. The van der Waals surface area contributed by atoms with Crippen molar-refractivity contribution < 1.29 is 7.48 Å². The SMILES string of the molecule is [2H]C([2H])([C@@H](C)N(C)C)n1ccc2cc(OC)ccc21. The van der Waals surface area contributed by atoms with E-state index in [1.165, 1.54) is 0 Å². The summed E-state index contributed by atoms with van der Waals surface area (Å²) in [7, 11) is 5.40. The summed E-state index contributed by atoms with van der Waals surface area (Å²) in [4.78, 5) is 1.88. The van der Waals surface area contributed by atoms with Gasteiger partial charge in [0.05, 0.1) is 9.85 Å². The average molecular weight is 234 g/mol. The number of methoxy groups -OCH3 is 1. The second kappa shape index (κ2) is 4.80. The van der Waals surface area contributed by atoms with Gasteiger partial charge in [0.1, 0.15) is 5.75 Å². The van der Waals surface area contributed by atoms with Gasteiger partial charge in [0.2, 0.25) is 0 Å². The van der Waals surface area contributed by atoms with Gasteiger partial charge in [-0.25, -0.2) is 0 Å². The van der Waals surface area contributed by atoms with E-state index in [1.807, 2.05) is 50.2 Å². The van der Waals surface area contributed by atoms with Crippen LogP contribution < -0.4 is 4.74 Å². The van der Waals surface area contributed by atoms with Crippen LogP contribution >= 0.6 is 0 Å². The summed E-state index contributed by atoms with van der Waals surface area (Å²) in [6, 6.07) is 7.36. The van der Waals surface area contributed by atoms with Gasteiger partial charge in [0.15, 0.2) is 0 Å². The first-order valence-corrected chi connectivity index (χ1v) is 5.70. The van der Waals surface area contributed by atoms with Crippen molar-refractivity contribution in [3.8, 4) is 5.75 Å². The summed E-state index contributed by atoms with van der Waals surface area (Å²) in [5.74, 6) is 0.784. The molecule has 0 aliphatic rings. The lowest BCUT2D eigenvalue weighted by Gasteiger charge is -2.20. The third-order valence-corrected chi connectivity index (χ3v) is 3.00. The highest BCUT2D eigenvalue weighted by molar-refractivity contribution is 5.81. The van der Waals surface area contributed by atoms with Crippen LogP contribution in [0.2, 0.25) is 0 Å². The molecule has 17 heavy (non-hydrogen) atoms. The number of likely N-dealkylation sites (N-methyl/N-ethyl adjacent to an activating group) is 1. The van der Waals surface area contributed by atoms with Crippen LogP contribution in [0.25, 0.3) is 10.9 Å². The molecule has 0 saturated heterocycles. The number of aromatic nitrogens is 1. The first-order chi connectivity index (χ1) is 8.87. The summed E-state index contributed by atoms with van der Waals surface area (Å²) < 4.78 is 23.6. The number of benzene rings is 1. The Hall–Kier alpha value is -1.48. The highest BCUT2D eigenvalue weighted by atomic mass is 16.5. The smallest absolute Gasteiger partial charge is 0.119 e. The molecule has 3 nitrogen and oxygen atoms in total. The topological polar surface area (TPSA) is 17.4 Å². The van der Waals surface area contributed by atoms with E-state index in [2.05, 4.69) is 0 Å². The second-order valence-electron chi connectivity index (χ2n) is 4.38. The van der Waals surface area contributed by atoms with Crippen LogP contribution in [-0.2, 0) is 6.50 Å². The van der Waals surface area contributed by atoms with Crippen molar-refractivity contribution in [2.75, 3.05) is 21.2 Å². The van der Waals surface area contributed by atoms with Gasteiger partial charge in [0.25, 0.3) is 0 Å². The Labute approximate surface area is 105 Å². The third-order valence-electron chi connectivity index (χ3n) is 3.00. The number of ether oxygens (including phenoxy) is 1. The maximum absolute atomic E-state index is 8.36. The summed E-state index contributed by atoms with van der Waals surface area (Å²) in [5, 5.41) is 0.981. The maximum atomic E-state index is 8.36. The van der Waals surface area contributed by atoms with Crippen molar-refractivity contribution in [2.24, 2.45) is 0 Å². The quantitative estimate of drug-likeness (QED) is 0.809. The first kappa shape index (κ1) is 9.54. The average Bonchev–Trinajstić information content (AvgIpc) is 2.80. The molecule has 2 rings (SSSR count). The molecule has 0 fully saturated rings. The molecule has 0 unspecified atom stereocenters. The fraction of sp³-hybridized carbons (Fsp3) is 0.429. The number of nitrogens with zero attached hydrogens (tertiary/aromatic N) is 2. The van der Waals surface area contributed by atoms with Gasteiger partial charge in [-0.2, -0.15) is 0 Å². The van der Waals surface area contributed by atoms with Crippen LogP contribution in [0.3, 0.4) is 0 Å². The van der Waals surface area contributed by atoms with E-state index >= 15 is 0 Å². The molecular formula is C14H20N2O. The number of rotatable bonds is 4. The van der Waals surface area contributed by atoms with Crippen LogP contribution in [0.15, 0.2) is 30.5 Å². The van der Waals surface area contributed by atoms with E-state index in [9.17, 15) is 0 Å². The molecule has 0 aliphatic carbocycles. The lowest BCUT2D eigenvalue weighted by atomic mass is 10.2. The minimum Gasteiger partial charge on any atom is -0.497 e. The molecule has 0 radical (unpaired) electrons. The molecule has 0 amide bonds. The lowest BCUT2D eigenvalue weighted by Crippen LogP contribution is -2.28. The normalized spacial score (nSPS) is 15.8.